The van der Waals surface area contributed by atoms with E-state index in [4.69, 9.17) is 20.8 Å². The number of nitrogens with one attached hydrogen (secondary N) is 1. The molecule has 0 fully saturated rings. The topological polar surface area (TPSA) is 97.6 Å². The number of hydrogen-bond acceptors (Lipinski definition) is 8. The number of aromatic nitrogens is 2. The van der Waals surface area contributed by atoms with Crippen LogP contribution in [-0.2, 0) is 16.4 Å². The maximum atomic E-state index is 13.5. The van der Waals surface area contributed by atoms with Crippen LogP contribution in [0.4, 0.5) is 15.9 Å². The van der Waals surface area contributed by atoms with Gasteiger partial charge in [0.15, 0.2) is 0 Å². The van der Waals surface area contributed by atoms with Crippen molar-refractivity contribution in [3.05, 3.63) is 101 Å². The SMILES string of the molecule is CN(C)C(CCS(C)(=O)=O)c1ccc(-c2ccc3ncnc(Nc4ccc(OCc5cccc(F)c5)c(Cl)c4)c3c2)o1. The minimum atomic E-state index is -3.10. The van der Waals surface area contributed by atoms with Gasteiger partial charge in [-0.05, 0) is 86.7 Å². The Bertz CT molecular complexity index is 1830. The number of rotatable bonds is 11. The summed E-state index contributed by atoms with van der Waals surface area (Å²) < 4.78 is 48.9. The Kier molecular flexibility index (Phi) is 8.77. The average molecular weight is 609 g/mol. The van der Waals surface area contributed by atoms with Crippen LogP contribution in [0, 0.1) is 5.82 Å². The first kappa shape index (κ1) is 29.5. The molecule has 8 nitrogen and oxygen atoms in total. The van der Waals surface area contributed by atoms with Gasteiger partial charge in [-0.2, -0.15) is 0 Å². The van der Waals surface area contributed by atoms with Gasteiger partial charge in [-0.3, -0.25) is 4.90 Å². The summed E-state index contributed by atoms with van der Waals surface area (Å²) in [6.07, 6.45) is 3.15. The molecule has 0 aliphatic carbocycles. The minimum Gasteiger partial charge on any atom is -0.487 e. The third-order valence-electron chi connectivity index (χ3n) is 6.74. The Labute approximate surface area is 249 Å². The van der Waals surface area contributed by atoms with Crippen LogP contribution in [0.2, 0.25) is 5.02 Å². The summed E-state index contributed by atoms with van der Waals surface area (Å²) in [6, 6.07) is 20.9. The molecule has 42 heavy (non-hydrogen) atoms. The lowest BCUT2D eigenvalue weighted by molar-refractivity contribution is 0.254. The highest BCUT2D eigenvalue weighted by Gasteiger charge is 2.21. The van der Waals surface area contributed by atoms with Gasteiger partial charge >= 0.3 is 0 Å². The smallest absolute Gasteiger partial charge is 0.147 e. The van der Waals surface area contributed by atoms with Crippen LogP contribution in [0.3, 0.4) is 0 Å². The van der Waals surface area contributed by atoms with Crippen LogP contribution in [0.5, 0.6) is 5.75 Å². The van der Waals surface area contributed by atoms with E-state index in [0.29, 0.717) is 45.8 Å². The molecule has 0 bridgehead atoms. The number of nitrogens with zero attached hydrogens (tertiary/aromatic N) is 3. The molecule has 0 amide bonds. The fourth-order valence-electron chi connectivity index (χ4n) is 4.60. The maximum Gasteiger partial charge on any atom is 0.147 e. The number of anilines is 2. The van der Waals surface area contributed by atoms with Crippen molar-refractivity contribution in [2.75, 3.05) is 31.4 Å². The molecule has 0 saturated heterocycles. The zero-order valence-electron chi connectivity index (χ0n) is 23.3. The van der Waals surface area contributed by atoms with Gasteiger partial charge in [0.05, 0.1) is 22.3 Å². The Morgan fingerprint density at radius 3 is 2.62 bits per heavy atom. The van der Waals surface area contributed by atoms with Gasteiger partial charge in [0.1, 0.15) is 51.7 Å². The van der Waals surface area contributed by atoms with Crippen molar-refractivity contribution in [2.45, 2.75) is 19.1 Å². The first-order valence-electron chi connectivity index (χ1n) is 13.2. The van der Waals surface area contributed by atoms with E-state index in [1.54, 1.807) is 24.3 Å². The molecule has 0 aliphatic heterocycles. The van der Waals surface area contributed by atoms with E-state index in [9.17, 15) is 12.8 Å². The predicted molar refractivity (Wildman–Crippen MR) is 163 cm³/mol. The Morgan fingerprint density at radius 2 is 1.88 bits per heavy atom. The Balaban J connectivity index is 1.36. The second kappa shape index (κ2) is 12.5. The molecule has 0 spiro atoms. The zero-order chi connectivity index (χ0) is 29.9. The Morgan fingerprint density at radius 1 is 1.05 bits per heavy atom. The highest BCUT2D eigenvalue weighted by molar-refractivity contribution is 7.90. The lowest BCUT2D eigenvalue weighted by atomic mass is 10.1. The van der Waals surface area contributed by atoms with Gasteiger partial charge < -0.3 is 14.5 Å². The van der Waals surface area contributed by atoms with Crippen molar-refractivity contribution in [3.8, 4) is 17.1 Å². The molecule has 218 valence electrons. The lowest BCUT2D eigenvalue weighted by Gasteiger charge is -2.21. The van der Waals surface area contributed by atoms with Gasteiger partial charge in [0.25, 0.3) is 0 Å². The molecule has 1 N–H and O–H groups in total. The van der Waals surface area contributed by atoms with Gasteiger partial charge in [-0.1, -0.05) is 23.7 Å². The summed E-state index contributed by atoms with van der Waals surface area (Å²) >= 11 is 6.49. The summed E-state index contributed by atoms with van der Waals surface area (Å²) in [4.78, 5) is 10.8. The first-order chi connectivity index (χ1) is 20.1. The average Bonchev–Trinajstić information content (AvgIpc) is 3.42. The quantitative estimate of drug-likeness (QED) is 0.170. The highest BCUT2D eigenvalue weighted by Crippen LogP contribution is 2.34. The molecule has 0 saturated carbocycles. The van der Waals surface area contributed by atoms with Crippen LogP contribution >= 0.6 is 11.6 Å². The number of furan rings is 1. The van der Waals surface area contributed by atoms with Crippen LogP contribution in [0.15, 0.2) is 83.5 Å². The van der Waals surface area contributed by atoms with E-state index >= 15 is 0 Å². The summed E-state index contributed by atoms with van der Waals surface area (Å²) in [5, 5.41) is 4.48. The van der Waals surface area contributed by atoms with Crippen molar-refractivity contribution in [3.63, 3.8) is 0 Å². The number of halogens is 2. The van der Waals surface area contributed by atoms with Crippen molar-refractivity contribution >= 4 is 43.8 Å². The van der Waals surface area contributed by atoms with E-state index in [1.807, 2.05) is 55.4 Å². The molecule has 0 radical (unpaired) electrons. The van der Waals surface area contributed by atoms with Crippen molar-refractivity contribution in [1.29, 1.82) is 0 Å². The van der Waals surface area contributed by atoms with Crippen LogP contribution in [0.1, 0.15) is 23.8 Å². The third-order valence-corrected chi connectivity index (χ3v) is 8.01. The summed E-state index contributed by atoms with van der Waals surface area (Å²) in [5.41, 5.74) is 2.96. The molecule has 3 aromatic carbocycles. The molecular formula is C31H30ClFN4O4S. The third kappa shape index (κ3) is 7.25. The fraction of sp³-hybridized carbons (Fsp3) is 0.226. The standard InChI is InChI=1S/C31H30ClFN4O4S/c1-37(2)27(13-14-42(3,38)39)30-12-11-28(41-30)21-7-9-26-24(16-21)31(35-19-34-26)36-23-8-10-29(25(32)17-23)40-18-20-5-4-6-22(33)15-20/h4-12,15-17,19,27H,13-14,18H2,1-3H3,(H,34,35,36). The zero-order valence-corrected chi connectivity index (χ0v) is 24.9. The van der Waals surface area contributed by atoms with Gasteiger partial charge in [0, 0.05) is 22.9 Å². The molecule has 11 heteroatoms. The van der Waals surface area contributed by atoms with Gasteiger partial charge in [-0.15, -0.1) is 0 Å². The second-order valence-corrected chi connectivity index (χ2v) is 12.9. The van der Waals surface area contributed by atoms with Crippen LogP contribution < -0.4 is 10.1 Å². The fourth-order valence-corrected chi connectivity index (χ4v) is 5.48. The van der Waals surface area contributed by atoms with Gasteiger partial charge in [0.2, 0.25) is 0 Å². The monoisotopic (exact) mass is 608 g/mol. The molecule has 5 rings (SSSR count). The van der Waals surface area contributed by atoms with E-state index in [2.05, 4.69) is 15.3 Å². The van der Waals surface area contributed by atoms with Crippen LogP contribution in [0.25, 0.3) is 22.2 Å². The number of ether oxygens (including phenoxy) is 1. The summed E-state index contributed by atoms with van der Waals surface area (Å²) in [7, 11) is 0.698. The van der Waals surface area contributed by atoms with Crippen molar-refractivity contribution < 1.29 is 22.0 Å². The van der Waals surface area contributed by atoms with Crippen molar-refractivity contribution in [2.24, 2.45) is 0 Å². The van der Waals surface area contributed by atoms with E-state index in [0.717, 1.165) is 16.5 Å². The molecule has 5 aromatic rings. The van der Waals surface area contributed by atoms with Crippen molar-refractivity contribution in [1.82, 2.24) is 14.9 Å². The molecular weight excluding hydrogens is 579 g/mol. The minimum absolute atomic E-state index is 0.0678. The van der Waals surface area contributed by atoms with E-state index in [1.165, 1.54) is 24.7 Å². The highest BCUT2D eigenvalue weighted by atomic mass is 35.5. The lowest BCUT2D eigenvalue weighted by Crippen LogP contribution is -2.22. The molecule has 1 atom stereocenters. The molecule has 0 aliphatic rings. The van der Waals surface area contributed by atoms with Crippen LogP contribution in [-0.4, -0.2) is 49.4 Å². The summed E-state index contributed by atoms with van der Waals surface area (Å²) in [5.74, 6) is 2.14. The molecule has 2 aromatic heterocycles. The predicted octanol–water partition coefficient (Wildman–Crippen LogP) is 7.04. The maximum absolute atomic E-state index is 13.5. The molecule has 1 unspecified atom stereocenters. The largest absolute Gasteiger partial charge is 0.487 e. The molecule has 2 heterocycles. The number of hydrogen-bond donors (Lipinski definition) is 1. The first-order valence-corrected chi connectivity index (χ1v) is 15.6. The summed E-state index contributed by atoms with van der Waals surface area (Å²) in [6.45, 7) is 0.186. The number of benzene rings is 3. The second-order valence-electron chi connectivity index (χ2n) is 10.2. The number of fused-ring (bicyclic) bond motifs is 1. The normalized spacial score (nSPS) is 12.5. The Hall–Kier alpha value is -3.99. The van der Waals surface area contributed by atoms with E-state index < -0.39 is 9.84 Å². The number of sulfone groups is 1. The van der Waals surface area contributed by atoms with Gasteiger partial charge in [-0.25, -0.2) is 22.8 Å². The van der Waals surface area contributed by atoms with E-state index in [-0.39, 0.29) is 24.2 Å².